The molecule has 1 aromatic carbocycles. The summed E-state index contributed by atoms with van der Waals surface area (Å²) in [5.74, 6) is -0.101. The number of hydrogen-bond donors (Lipinski definition) is 2. The van der Waals surface area contributed by atoms with Crippen molar-refractivity contribution in [1.82, 2.24) is 15.5 Å². The van der Waals surface area contributed by atoms with E-state index in [-0.39, 0.29) is 36.9 Å². The van der Waals surface area contributed by atoms with E-state index >= 15 is 0 Å². The van der Waals surface area contributed by atoms with Gasteiger partial charge in [0.2, 0.25) is 11.8 Å². The molecule has 30 heavy (non-hydrogen) atoms. The molecule has 164 valence electrons. The molecule has 0 fully saturated rings. The molecule has 0 aromatic heterocycles. The summed E-state index contributed by atoms with van der Waals surface area (Å²) in [5, 5.41) is 5.51. The van der Waals surface area contributed by atoms with E-state index in [0.717, 1.165) is 18.3 Å². The minimum Gasteiger partial charge on any atom is -0.491 e. The highest BCUT2D eigenvalue weighted by Crippen LogP contribution is 2.30. The van der Waals surface area contributed by atoms with Gasteiger partial charge in [-0.2, -0.15) is 0 Å². The molecule has 0 atom stereocenters. The fraction of sp³-hybridized carbons (Fsp3) is 0.435. The lowest BCUT2D eigenvalue weighted by Crippen LogP contribution is -2.39. The van der Waals surface area contributed by atoms with E-state index in [0.29, 0.717) is 17.0 Å². The second-order valence-electron chi connectivity index (χ2n) is 7.61. The Hall–Kier alpha value is -3.09. The Bertz CT molecular complexity index is 800. The average Bonchev–Trinajstić information content (AvgIpc) is 2.74. The first-order valence-electron chi connectivity index (χ1n) is 9.93. The molecule has 0 unspecified atom stereocenters. The van der Waals surface area contributed by atoms with Crippen molar-refractivity contribution in [2.75, 3.05) is 33.8 Å². The van der Waals surface area contributed by atoms with Gasteiger partial charge in [0.05, 0.1) is 18.7 Å². The van der Waals surface area contributed by atoms with E-state index < -0.39 is 0 Å². The van der Waals surface area contributed by atoms with Gasteiger partial charge >= 0.3 is 0 Å². The maximum absolute atomic E-state index is 12.0. The Morgan fingerprint density at radius 1 is 1.27 bits per heavy atom. The predicted molar refractivity (Wildman–Crippen MR) is 119 cm³/mol. The van der Waals surface area contributed by atoms with Crippen LogP contribution in [0.25, 0.3) is 0 Å². The molecule has 1 aromatic rings. The molecule has 0 radical (unpaired) electrons. The van der Waals surface area contributed by atoms with Gasteiger partial charge in [0, 0.05) is 25.9 Å². The molecular formula is C23H33N3O4. The number of carbonyl (C=O) groups is 3. The first-order valence-corrected chi connectivity index (χ1v) is 9.93. The molecule has 0 saturated carbocycles. The summed E-state index contributed by atoms with van der Waals surface area (Å²) in [5.41, 5.74) is 2.12. The molecule has 0 aliphatic carbocycles. The molecule has 0 heterocycles. The van der Waals surface area contributed by atoms with Crippen molar-refractivity contribution in [3.05, 3.63) is 53.8 Å². The van der Waals surface area contributed by atoms with Gasteiger partial charge in [0.25, 0.3) is 0 Å². The number of allylic oxidation sites excluding steroid dienone is 1. The zero-order valence-electron chi connectivity index (χ0n) is 18.6. The summed E-state index contributed by atoms with van der Waals surface area (Å²) in [6.45, 7) is 10.5. The molecule has 2 N–H and O–H groups in total. The normalized spacial score (nSPS) is 11.1. The van der Waals surface area contributed by atoms with E-state index in [9.17, 15) is 14.4 Å². The molecular weight excluding hydrogens is 382 g/mol. The third-order valence-corrected chi connectivity index (χ3v) is 4.99. The van der Waals surface area contributed by atoms with Crippen molar-refractivity contribution < 1.29 is 19.1 Å². The van der Waals surface area contributed by atoms with Crippen molar-refractivity contribution in [2.24, 2.45) is 0 Å². The number of ether oxygens (including phenoxy) is 1. The minimum absolute atomic E-state index is 0.0289. The standard InChI is InChI=1S/C23H33N3O4/c1-7-23(3,4)19-10-9-18(16-27)20(14-19)30-13-12-25-21(28)15-26(6)22(29)11-8-17(2)24-5/h8-11,14,16,24H,2,7,12-13,15H2,1,3-6H3,(H,25,28)/b11-8+. The number of amides is 2. The van der Waals surface area contributed by atoms with Crippen LogP contribution in [-0.4, -0.2) is 56.8 Å². The van der Waals surface area contributed by atoms with Crippen LogP contribution in [0.1, 0.15) is 43.1 Å². The van der Waals surface area contributed by atoms with E-state index in [1.807, 2.05) is 12.1 Å². The van der Waals surface area contributed by atoms with Crippen LogP contribution in [0.15, 0.2) is 42.6 Å². The van der Waals surface area contributed by atoms with Crippen LogP contribution in [0.3, 0.4) is 0 Å². The van der Waals surface area contributed by atoms with E-state index in [1.165, 1.54) is 11.0 Å². The molecule has 0 aliphatic heterocycles. The predicted octanol–water partition coefficient (Wildman–Crippen LogP) is 2.43. The molecule has 7 heteroatoms. The molecule has 1 rings (SSSR count). The summed E-state index contributed by atoms with van der Waals surface area (Å²) in [7, 11) is 3.25. The number of aldehydes is 1. The Balaban J connectivity index is 2.55. The van der Waals surface area contributed by atoms with Gasteiger partial charge in [-0.15, -0.1) is 0 Å². The van der Waals surface area contributed by atoms with Gasteiger partial charge in [-0.05, 0) is 35.6 Å². The highest BCUT2D eigenvalue weighted by atomic mass is 16.5. The summed E-state index contributed by atoms with van der Waals surface area (Å²) in [4.78, 5) is 36.6. The monoisotopic (exact) mass is 415 g/mol. The Morgan fingerprint density at radius 3 is 2.57 bits per heavy atom. The largest absolute Gasteiger partial charge is 0.491 e. The SMILES string of the molecule is C=C(/C=C/C(=O)N(C)CC(=O)NCCOc1cc(C(C)(C)CC)ccc1C=O)NC. The number of carbonyl (C=O) groups excluding carboxylic acids is 3. The number of hydrogen-bond acceptors (Lipinski definition) is 5. The van der Waals surface area contributed by atoms with Crippen LogP contribution in [0, 0.1) is 0 Å². The highest BCUT2D eigenvalue weighted by Gasteiger charge is 2.19. The van der Waals surface area contributed by atoms with Crippen molar-refractivity contribution in [3.63, 3.8) is 0 Å². The Kier molecular flexibility index (Phi) is 9.81. The lowest BCUT2D eigenvalue weighted by atomic mass is 9.82. The van der Waals surface area contributed by atoms with Crippen LogP contribution in [0.5, 0.6) is 5.75 Å². The van der Waals surface area contributed by atoms with Crippen molar-refractivity contribution in [2.45, 2.75) is 32.6 Å². The third kappa shape index (κ3) is 7.73. The second kappa shape index (κ2) is 11.8. The van der Waals surface area contributed by atoms with Crippen LogP contribution in [0.4, 0.5) is 0 Å². The molecule has 0 saturated heterocycles. The maximum Gasteiger partial charge on any atom is 0.246 e. The lowest BCUT2D eigenvalue weighted by Gasteiger charge is -2.24. The summed E-state index contributed by atoms with van der Waals surface area (Å²) in [6.07, 6.45) is 4.60. The van der Waals surface area contributed by atoms with Crippen molar-refractivity contribution in [1.29, 1.82) is 0 Å². The number of rotatable bonds is 12. The second-order valence-corrected chi connectivity index (χ2v) is 7.61. The van der Waals surface area contributed by atoms with Crippen LogP contribution in [-0.2, 0) is 15.0 Å². The zero-order valence-corrected chi connectivity index (χ0v) is 18.6. The van der Waals surface area contributed by atoms with E-state index in [1.54, 1.807) is 26.2 Å². The molecule has 2 amide bonds. The quantitative estimate of drug-likeness (QED) is 0.237. The van der Waals surface area contributed by atoms with E-state index in [2.05, 4.69) is 38.0 Å². The lowest BCUT2D eigenvalue weighted by molar-refractivity contribution is -0.131. The molecule has 0 aliphatic rings. The fourth-order valence-corrected chi connectivity index (χ4v) is 2.46. The molecule has 0 spiro atoms. The fourth-order valence-electron chi connectivity index (χ4n) is 2.46. The third-order valence-electron chi connectivity index (χ3n) is 4.99. The summed E-state index contributed by atoms with van der Waals surface area (Å²) in [6, 6.07) is 5.58. The van der Waals surface area contributed by atoms with Gasteiger partial charge in [0.15, 0.2) is 6.29 Å². The highest BCUT2D eigenvalue weighted by molar-refractivity contribution is 5.91. The number of nitrogens with zero attached hydrogens (tertiary/aromatic N) is 1. The number of likely N-dealkylation sites (N-methyl/N-ethyl adjacent to an activating group) is 2. The summed E-state index contributed by atoms with van der Waals surface area (Å²) < 4.78 is 5.73. The van der Waals surface area contributed by atoms with E-state index in [4.69, 9.17) is 4.74 Å². The van der Waals surface area contributed by atoms with Gasteiger partial charge in [-0.3, -0.25) is 14.4 Å². The van der Waals surface area contributed by atoms with Gasteiger partial charge in [0.1, 0.15) is 12.4 Å². The maximum atomic E-state index is 12.0. The van der Waals surface area contributed by atoms with Gasteiger partial charge < -0.3 is 20.3 Å². The molecule has 0 bridgehead atoms. The van der Waals surface area contributed by atoms with Crippen LogP contribution < -0.4 is 15.4 Å². The van der Waals surface area contributed by atoms with Gasteiger partial charge in [-0.1, -0.05) is 33.4 Å². The molecule has 7 nitrogen and oxygen atoms in total. The van der Waals surface area contributed by atoms with Crippen LogP contribution >= 0.6 is 0 Å². The minimum atomic E-state index is -0.302. The van der Waals surface area contributed by atoms with Crippen LogP contribution in [0.2, 0.25) is 0 Å². The first-order chi connectivity index (χ1) is 14.1. The summed E-state index contributed by atoms with van der Waals surface area (Å²) >= 11 is 0. The van der Waals surface area contributed by atoms with Gasteiger partial charge in [-0.25, -0.2) is 0 Å². The van der Waals surface area contributed by atoms with Crippen molar-refractivity contribution in [3.8, 4) is 5.75 Å². The smallest absolute Gasteiger partial charge is 0.246 e. The Labute approximate surface area is 179 Å². The topological polar surface area (TPSA) is 87.7 Å². The zero-order chi connectivity index (χ0) is 22.7. The Morgan fingerprint density at radius 2 is 1.97 bits per heavy atom. The average molecular weight is 416 g/mol. The van der Waals surface area contributed by atoms with Crippen molar-refractivity contribution >= 4 is 18.1 Å². The first kappa shape index (κ1) is 24.9. The number of benzene rings is 1. The number of nitrogens with one attached hydrogen (secondary N) is 2.